The van der Waals surface area contributed by atoms with Gasteiger partial charge in [0.25, 0.3) is 0 Å². The topological polar surface area (TPSA) is 132 Å². The molecule has 5 rings (SSSR count). The molecular weight excluding hydrogens is 617 g/mol. The lowest BCUT2D eigenvalue weighted by Gasteiger charge is -2.26. The van der Waals surface area contributed by atoms with Crippen LogP contribution < -0.4 is 32.7 Å². The molecule has 4 aromatic rings. The zero-order chi connectivity index (χ0) is 35.6. The summed E-state index contributed by atoms with van der Waals surface area (Å²) in [6, 6.07) is 8.89. The lowest BCUT2D eigenvalue weighted by atomic mass is 9.83. The van der Waals surface area contributed by atoms with Crippen LogP contribution in [0.5, 0.6) is 0 Å². The van der Waals surface area contributed by atoms with Crippen molar-refractivity contribution in [2.45, 2.75) is 146 Å². The lowest BCUT2D eigenvalue weighted by molar-refractivity contribution is 0.636. The number of hydrogen-bond donors (Lipinski definition) is 8. The highest BCUT2D eigenvalue weighted by atomic mass is 14.9. The number of aromatic amines is 2. The van der Waals surface area contributed by atoms with Crippen LogP contribution in [0, 0.1) is 0 Å². The summed E-state index contributed by atoms with van der Waals surface area (Å²) in [5, 5.41) is 15.2. The molecule has 0 saturated carbocycles. The molecule has 8 nitrogen and oxygen atoms in total. The van der Waals surface area contributed by atoms with E-state index in [0.717, 1.165) is 90.9 Å². The van der Waals surface area contributed by atoms with Gasteiger partial charge in [0, 0.05) is 88.2 Å². The predicted octanol–water partition coefficient (Wildman–Crippen LogP) is 6.11. The zero-order valence-corrected chi connectivity index (χ0v) is 31.8. The minimum Gasteiger partial charge on any atom is -0.360 e. The molecule has 2 aromatic carbocycles. The summed E-state index contributed by atoms with van der Waals surface area (Å²) in [4.78, 5) is 7.37. The molecule has 0 amide bonds. The Labute approximate surface area is 301 Å². The Kier molecular flexibility index (Phi) is 13.9. The average molecular weight is 681 g/mol. The SMILES string of the molecule is CCc1c(CN)c(CC)c2c(CC)c1CNCc1ccc([nH]1)CNCc1c(CC)c(CN)c(CC)c(c1CC)CNCc1ccc([nH]1)CNC2. The van der Waals surface area contributed by atoms with Crippen LogP contribution in [-0.2, 0) is 104 Å². The van der Waals surface area contributed by atoms with Crippen LogP contribution in [0.15, 0.2) is 24.3 Å². The Morgan fingerprint density at radius 3 is 0.800 bits per heavy atom. The van der Waals surface area contributed by atoms with Crippen molar-refractivity contribution in [3.8, 4) is 0 Å². The molecule has 272 valence electrons. The number of hydrogen-bond acceptors (Lipinski definition) is 6. The molecule has 0 spiro atoms. The van der Waals surface area contributed by atoms with E-state index in [9.17, 15) is 0 Å². The van der Waals surface area contributed by atoms with Gasteiger partial charge < -0.3 is 42.7 Å². The molecule has 10 N–H and O–H groups in total. The number of nitrogens with two attached hydrogens (primary N) is 2. The first-order chi connectivity index (χ1) is 24.5. The van der Waals surface area contributed by atoms with E-state index in [4.69, 9.17) is 11.5 Å². The van der Waals surface area contributed by atoms with E-state index in [1.54, 1.807) is 0 Å². The van der Waals surface area contributed by atoms with Gasteiger partial charge in [0.05, 0.1) is 0 Å². The van der Waals surface area contributed by atoms with Gasteiger partial charge >= 0.3 is 0 Å². The molecule has 8 heteroatoms. The third-order valence-corrected chi connectivity index (χ3v) is 11.0. The van der Waals surface area contributed by atoms with Gasteiger partial charge in [-0.05, 0) is 130 Å². The molecule has 50 heavy (non-hydrogen) atoms. The standard InChI is InChI=1S/C42H64N8/c1-7-31-37(17-43)32(8-2)40-24-46-20-28-15-16-30(50-28)22-48-26-42-34(10-4)38(18-44)33(9-3)41(36(42)12-6)25-47-21-29-14-13-27(49-29)19-45-23-39(31)35(40)11-5/h13-16,45-50H,7-12,17-26,43-44H2,1-6H3. The van der Waals surface area contributed by atoms with Crippen molar-refractivity contribution >= 4 is 0 Å². The summed E-state index contributed by atoms with van der Waals surface area (Å²) in [5.41, 5.74) is 34.9. The fourth-order valence-corrected chi connectivity index (χ4v) is 8.78. The quantitative estimate of drug-likeness (QED) is 0.113. The van der Waals surface area contributed by atoms with E-state index in [1.165, 1.54) is 89.5 Å². The van der Waals surface area contributed by atoms with Crippen molar-refractivity contribution in [1.82, 2.24) is 31.2 Å². The molecule has 1 aliphatic rings. The van der Waals surface area contributed by atoms with E-state index in [-0.39, 0.29) is 0 Å². The number of aromatic nitrogens is 2. The minimum atomic E-state index is 0.576. The second-order valence-corrected chi connectivity index (χ2v) is 13.7. The average Bonchev–Trinajstić information content (AvgIpc) is 3.79. The fraction of sp³-hybridized carbons (Fsp3) is 0.524. The second-order valence-electron chi connectivity index (χ2n) is 13.7. The molecule has 0 radical (unpaired) electrons. The third-order valence-electron chi connectivity index (χ3n) is 11.0. The summed E-state index contributed by atoms with van der Waals surface area (Å²) >= 11 is 0. The zero-order valence-electron chi connectivity index (χ0n) is 31.8. The van der Waals surface area contributed by atoms with Crippen molar-refractivity contribution in [3.05, 3.63) is 114 Å². The largest absolute Gasteiger partial charge is 0.360 e. The normalized spacial score (nSPS) is 14.9. The Balaban J connectivity index is 1.50. The molecule has 0 fully saturated rings. The molecule has 0 aliphatic carbocycles. The van der Waals surface area contributed by atoms with Crippen molar-refractivity contribution < 1.29 is 0 Å². The molecule has 3 heterocycles. The Hall–Kier alpha value is -3.24. The van der Waals surface area contributed by atoms with Crippen LogP contribution in [-0.4, -0.2) is 9.97 Å². The van der Waals surface area contributed by atoms with Crippen LogP contribution in [0.25, 0.3) is 0 Å². The highest BCUT2D eigenvalue weighted by molar-refractivity contribution is 5.54. The minimum absolute atomic E-state index is 0.576. The molecule has 1 aliphatic heterocycles. The van der Waals surface area contributed by atoms with Gasteiger partial charge in [-0.25, -0.2) is 0 Å². The number of nitrogens with one attached hydrogen (secondary N) is 6. The third kappa shape index (κ3) is 8.12. The van der Waals surface area contributed by atoms with E-state index in [1.807, 2.05) is 0 Å². The summed E-state index contributed by atoms with van der Waals surface area (Å²) in [6.07, 6.45) is 5.97. The predicted molar refractivity (Wildman–Crippen MR) is 209 cm³/mol. The molecule has 8 bridgehead atoms. The summed E-state index contributed by atoms with van der Waals surface area (Å²) < 4.78 is 0. The van der Waals surface area contributed by atoms with Crippen LogP contribution in [0.2, 0.25) is 0 Å². The van der Waals surface area contributed by atoms with Crippen LogP contribution in [0.1, 0.15) is 131 Å². The lowest BCUT2D eigenvalue weighted by Crippen LogP contribution is -2.24. The second kappa shape index (κ2) is 18.3. The van der Waals surface area contributed by atoms with Gasteiger partial charge in [-0.15, -0.1) is 0 Å². The van der Waals surface area contributed by atoms with Gasteiger partial charge in [0.2, 0.25) is 0 Å². The van der Waals surface area contributed by atoms with Crippen molar-refractivity contribution in [1.29, 1.82) is 0 Å². The van der Waals surface area contributed by atoms with Gasteiger partial charge in [-0.3, -0.25) is 0 Å². The highest BCUT2D eigenvalue weighted by Crippen LogP contribution is 2.32. The smallest absolute Gasteiger partial charge is 0.0360 e. The highest BCUT2D eigenvalue weighted by Gasteiger charge is 2.22. The maximum Gasteiger partial charge on any atom is 0.0360 e. The number of H-pyrrole nitrogens is 2. The summed E-state index contributed by atoms with van der Waals surface area (Å²) in [6.45, 7) is 21.3. The molecule has 0 atom stereocenters. The van der Waals surface area contributed by atoms with Crippen LogP contribution in [0.3, 0.4) is 0 Å². The Morgan fingerprint density at radius 2 is 0.600 bits per heavy atom. The van der Waals surface area contributed by atoms with Gasteiger partial charge in [-0.1, -0.05) is 41.5 Å². The van der Waals surface area contributed by atoms with Gasteiger partial charge in [0.15, 0.2) is 0 Å². The summed E-state index contributed by atoms with van der Waals surface area (Å²) in [5.74, 6) is 0. The molecule has 0 saturated heterocycles. The molecule has 2 aromatic heterocycles. The summed E-state index contributed by atoms with van der Waals surface area (Å²) in [7, 11) is 0. The monoisotopic (exact) mass is 681 g/mol. The first-order valence-electron chi connectivity index (χ1n) is 19.4. The first kappa shape index (κ1) is 38.0. The van der Waals surface area contributed by atoms with Crippen molar-refractivity contribution in [3.63, 3.8) is 0 Å². The van der Waals surface area contributed by atoms with Crippen molar-refractivity contribution in [2.75, 3.05) is 0 Å². The van der Waals surface area contributed by atoms with Gasteiger partial charge in [0.1, 0.15) is 0 Å². The van der Waals surface area contributed by atoms with E-state index in [0.29, 0.717) is 13.1 Å². The van der Waals surface area contributed by atoms with Crippen molar-refractivity contribution in [2.24, 2.45) is 11.5 Å². The number of benzene rings is 2. The van der Waals surface area contributed by atoms with E-state index >= 15 is 0 Å². The van der Waals surface area contributed by atoms with Crippen LogP contribution >= 0.6 is 0 Å². The first-order valence-corrected chi connectivity index (χ1v) is 19.4. The van der Waals surface area contributed by atoms with Gasteiger partial charge in [-0.2, -0.15) is 0 Å². The number of fused-ring (bicyclic) bond motifs is 8. The number of rotatable bonds is 8. The Morgan fingerprint density at radius 1 is 0.360 bits per heavy atom. The maximum atomic E-state index is 6.48. The maximum absolute atomic E-state index is 6.48. The fourth-order valence-electron chi connectivity index (χ4n) is 8.78. The molecule has 0 unspecified atom stereocenters. The van der Waals surface area contributed by atoms with Crippen LogP contribution in [0.4, 0.5) is 0 Å². The molecular formula is C42H64N8. The Bertz CT molecular complexity index is 1480. The van der Waals surface area contributed by atoms with E-state index in [2.05, 4.69) is 97.0 Å². The van der Waals surface area contributed by atoms with E-state index < -0.39 is 0 Å².